The molecule has 0 saturated heterocycles. The van der Waals surface area contributed by atoms with Crippen LogP contribution in [0, 0.1) is 6.92 Å². The highest BCUT2D eigenvalue weighted by Crippen LogP contribution is 2.04. The second-order valence-electron chi connectivity index (χ2n) is 5.09. The first-order chi connectivity index (χ1) is 9.79. The zero-order valence-electron chi connectivity index (χ0n) is 11.6. The van der Waals surface area contributed by atoms with Crippen molar-refractivity contribution in [3.05, 3.63) is 83.9 Å². The molecule has 2 aromatic carbocycles. The smallest absolute Gasteiger partial charge is 0.233 e. The lowest BCUT2D eigenvalue weighted by Crippen LogP contribution is -2.31. The Morgan fingerprint density at radius 3 is 2.45 bits per heavy atom. The zero-order valence-corrected chi connectivity index (χ0v) is 11.6. The minimum absolute atomic E-state index is 0.808. The van der Waals surface area contributed by atoms with Crippen molar-refractivity contribution >= 4 is 0 Å². The van der Waals surface area contributed by atoms with Gasteiger partial charge in [-0.05, 0) is 18.1 Å². The van der Waals surface area contributed by atoms with Crippen LogP contribution < -0.4 is 4.57 Å². The minimum Gasteiger partial charge on any atom is -0.233 e. The van der Waals surface area contributed by atoms with E-state index in [1.807, 2.05) is 23.4 Å². The fourth-order valence-electron chi connectivity index (χ4n) is 2.20. The van der Waals surface area contributed by atoms with Gasteiger partial charge in [0.25, 0.3) is 6.33 Å². The Hall–Kier alpha value is -2.42. The molecule has 3 rings (SSSR count). The van der Waals surface area contributed by atoms with E-state index in [0.29, 0.717) is 0 Å². The van der Waals surface area contributed by atoms with E-state index in [1.165, 1.54) is 16.7 Å². The van der Waals surface area contributed by atoms with Gasteiger partial charge >= 0.3 is 0 Å². The maximum atomic E-state index is 4.41. The Bertz CT molecular complexity index is 669. The summed E-state index contributed by atoms with van der Waals surface area (Å²) in [6.07, 6.45) is 3.92. The van der Waals surface area contributed by atoms with E-state index >= 15 is 0 Å². The molecule has 0 aliphatic heterocycles. The van der Waals surface area contributed by atoms with Crippen molar-refractivity contribution < 1.29 is 4.57 Å². The first-order valence-electron chi connectivity index (χ1n) is 6.80. The van der Waals surface area contributed by atoms with E-state index < -0.39 is 0 Å². The third-order valence-electron chi connectivity index (χ3n) is 3.30. The van der Waals surface area contributed by atoms with E-state index in [0.717, 1.165) is 13.1 Å². The van der Waals surface area contributed by atoms with Gasteiger partial charge < -0.3 is 0 Å². The molecule has 3 heteroatoms. The van der Waals surface area contributed by atoms with E-state index in [2.05, 4.69) is 65.1 Å². The third-order valence-corrected chi connectivity index (χ3v) is 3.30. The molecule has 0 bridgehead atoms. The summed E-state index contributed by atoms with van der Waals surface area (Å²) < 4.78 is 4.07. The molecule has 0 fully saturated rings. The lowest BCUT2D eigenvalue weighted by Gasteiger charge is -1.98. The summed E-state index contributed by atoms with van der Waals surface area (Å²) in [5, 5.41) is 4.41. The molecule has 100 valence electrons. The van der Waals surface area contributed by atoms with Gasteiger partial charge in [-0.2, -0.15) is 0 Å². The molecule has 0 radical (unpaired) electrons. The normalized spacial score (nSPS) is 10.7. The molecule has 1 heterocycles. The predicted octanol–water partition coefficient (Wildman–Crippen LogP) is 2.58. The van der Waals surface area contributed by atoms with Crippen LogP contribution in [0.15, 0.2) is 67.3 Å². The van der Waals surface area contributed by atoms with Gasteiger partial charge in [-0.15, -0.1) is 4.68 Å². The molecular weight excluding hydrogens is 246 g/mol. The van der Waals surface area contributed by atoms with Crippen molar-refractivity contribution in [2.45, 2.75) is 20.0 Å². The quantitative estimate of drug-likeness (QED) is 0.664. The van der Waals surface area contributed by atoms with Crippen molar-refractivity contribution in [3.63, 3.8) is 0 Å². The van der Waals surface area contributed by atoms with Crippen LogP contribution >= 0.6 is 0 Å². The van der Waals surface area contributed by atoms with Crippen LogP contribution in [0.4, 0.5) is 0 Å². The number of aromatic nitrogens is 3. The predicted molar refractivity (Wildman–Crippen MR) is 78.2 cm³/mol. The topological polar surface area (TPSA) is 21.7 Å². The SMILES string of the molecule is Cc1ccc(Cn2c[n+](Cc3ccccc3)cn2)cc1. The third kappa shape index (κ3) is 3.12. The molecule has 20 heavy (non-hydrogen) atoms. The van der Waals surface area contributed by atoms with Gasteiger partial charge in [0.05, 0.1) is 6.54 Å². The summed E-state index contributed by atoms with van der Waals surface area (Å²) in [5.74, 6) is 0. The molecule has 0 unspecified atom stereocenters. The average molecular weight is 264 g/mol. The second kappa shape index (κ2) is 5.70. The van der Waals surface area contributed by atoms with Gasteiger partial charge in [-0.1, -0.05) is 60.2 Å². The first kappa shape index (κ1) is 12.6. The van der Waals surface area contributed by atoms with Crippen LogP contribution in [-0.2, 0) is 13.1 Å². The summed E-state index contributed by atoms with van der Waals surface area (Å²) in [5.41, 5.74) is 3.84. The van der Waals surface area contributed by atoms with Gasteiger partial charge in [0, 0.05) is 5.10 Å². The summed E-state index contributed by atoms with van der Waals surface area (Å²) >= 11 is 0. The number of hydrogen-bond donors (Lipinski definition) is 0. The molecule has 0 aliphatic carbocycles. The Kier molecular flexibility index (Phi) is 3.59. The van der Waals surface area contributed by atoms with Crippen molar-refractivity contribution in [1.82, 2.24) is 9.78 Å². The standard InChI is InChI=1S/C17H18N3/c1-15-7-9-17(10-8-15)12-20-14-19(13-18-20)11-16-5-3-2-4-6-16/h2-10,13-14H,11-12H2,1H3/q+1. The van der Waals surface area contributed by atoms with Crippen LogP contribution in [0.5, 0.6) is 0 Å². The van der Waals surface area contributed by atoms with Crippen LogP contribution in [0.1, 0.15) is 16.7 Å². The molecule has 0 aliphatic rings. The lowest BCUT2D eigenvalue weighted by atomic mass is 10.1. The minimum atomic E-state index is 0.808. The van der Waals surface area contributed by atoms with Gasteiger partial charge in [-0.3, -0.25) is 0 Å². The van der Waals surface area contributed by atoms with Gasteiger partial charge in [0.2, 0.25) is 6.33 Å². The van der Waals surface area contributed by atoms with Crippen LogP contribution in [0.25, 0.3) is 0 Å². The van der Waals surface area contributed by atoms with E-state index in [1.54, 1.807) is 0 Å². The molecule has 0 atom stereocenters. The maximum absolute atomic E-state index is 4.41. The largest absolute Gasteiger partial charge is 0.265 e. The highest BCUT2D eigenvalue weighted by molar-refractivity contribution is 5.21. The molecule has 0 spiro atoms. The number of benzene rings is 2. The molecule has 3 aromatic rings. The van der Waals surface area contributed by atoms with E-state index in [4.69, 9.17) is 0 Å². The Labute approximate surface area is 119 Å². The van der Waals surface area contributed by atoms with Crippen molar-refractivity contribution in [2.75, 3.05) is 0 Å². The molecule has 0 amide bonds. The van der Waals surface area contributed by atoms with Crippen molar-refractivity contribution in [2.24, 2.45) is 0 Å². The summed E-state index contributed by atoms with van der Waals surface area (Å²) in [6.45, 7) is 3.77. The highest BCUT2D eigenvalue weighted by atomic mass is 15.3. The lowest BCUT2D eigenvalue weighted by molar-refractivity contribution is -0.689. The molecule has 3 nitrogen and oxygen atoms in total. The molecule has 0 saturated carbocycles. The molecule has 0 N–H and O–H groups in total. The summed E-state index contributed by atoms with van der Waals surface area (Å²) in [7, 11) is 0. The Morgan fingerprint density at radius 1 is 0.950 bits per heavy atom. The van der Waals surface area contributed by atoms with E-state index in [9.17, 15) is 0 Å². The number of nitrogens with zero attached hydrogens (tertiary/aromatic N) is 3. The summed E-state index contributed by atoms with van der Waals surface area (Å²) in [4.78, 5) is 0. The number of rotatable bonds is 4. The Morgan fingerprint density at radius 2 is 1.70 bits per heavy atom. The van der Waals surface area contributed by atoms with Crippen molar-refractivity contribution in [3.8, 4) is 0 Å². The summed E-state index contributed by atoms with van der Waals surface area (Å²) in [6, 6.07) is 19.0. The monoisotopic (exact) mass is 264 g/mol. The highest BCUT2D eigenvalue weighted by Gasteiger charge is 2.07. The zero-order chi connectivity index (χ0) is 13.8. The Balaban J connectivity index is 1.69. The van der Waals surface area contributed by atoms with E-state index in [-0.39, 0.29) is 0 Å². The van der Waals surface area contributed by atoms with Crippen LogP contribution in [0.2, 0.25) is 0 Å². The fourth-order valence-corrected chi connectivity index (χ4v) is 2.20. The fraction of sp³-hybridized carbons (Fsp3) is 0.176. The second-order valence-corrected chi connectivity index (χ2v) is 5.09. The van der Waals surface area contributed by atoms with Crippen LogP contribution in [-0.4, -0.2) is 9.78 Å². The average Bonchev–Trinajstić information content (AvgIpc) is 2.90. The van der Waals surface area contributed by atoms with Crippen molar-refractivity contribution in [1.29, 1.82) is 0 Å². The number of aryl methyl sites for hydroxylation is 1. The van der Waals surface area contributed by atoms with Gasteiger partial charge in [-0.25, -0.2) is 4.57 Å². The maximum Gasteiger partial charge on any atom is 0.265 e. The first-order valence-corrected chi connectivity index (χ1v) is 6.80. The number of hydrogen-bond acceptors (Lipinski definition) is 1. The molecule has 1 aromatic heterocycles. The van der Waals surface area contributed by atoms with Crippen LogP contribution in [0.3, 0.4) is 0 Å². The molecular formula is C17H18N3+. The van der Waals surface area contributed by atoms with Gasteiger partial charge in [0.1, 0.15) is 6.54 Å². The van der Waals surface area contributed by atoms with Gasteiger partial charge in [0.15, 0.2) is 0 Å².